The first kappa shape index (κ1) is 18.8. The van der Waals surface area contributed by atoms with Crippen LogP contribution in [0.25, 0.3) is 11.4 Å². The number of benzene rings is 1. The second-order valence-electron chi connectivity index (χ2n) is 7.50. The van der Waals surface area contributed by atoms with E-state index in [2.05, 4.69) is 10.1 Å². The van der Waals surface area contributed by atoms with Crippen molar-refractivity contribution in [3.05, 3.63) is 24.1 Å². The zero-order chi connectivity index (χ0) is 18.9. The molecule has 142 valence electrons. The Kier molecular flexibility index (Phi) is 5.07. The van der Waals surface area contributed by atoms with Gasteiger partial charge < -0.3 is 9.26 Å². The van der Waals surface area contributed by atoms with Crippen LogP contribution in [-0.2, 0) is 15.4 Å². The molecule has 0 unspecified atom stereocenters. The van der Waals surface area contributed by atoms with Gasteiger partial charge in [0.05, 0.1) is 17.6 Å². The summed E-state index contributed by atoms with van der Waals surface area (Å²) in [5.74, 6) is 1.31. The standard InChI is InChI=1S/C18H25N3O4S/c1-18(2,3)17-19-16(20-25-17)14-12-13(8-9-15(14)24-4)26(22,23)21-10-6-5-7-11-21/h8-9,12H,5-7,10-11H2,1-4H3. The van der Waals surface area contributed by atoms with Crippen molar-refractivity contribution in [2.45, 2.75) is 50.3 Å². The molecule has 3 rings (SSSR count). The molecule has 0 amide bonds. The third kappa shape index (κ3) is 3.61. The fourth-order valence-corrected chi connectivity index (χ4v) is 4.46. The third-order valence-corrected chi connectivity index (χ3v) is 6.33. The highest BCUT2D eigenvalue weighted by molar-refractivity contribution is 7.89. The van der Waals surface area contributed by atoms with Gasteiger partial charge in [-0.25, -0.2) is 8.42 Å². The lowest BCUT2D eigenvalue weighted by Crippen LogP contribution is -2.35. The minimum absolute atomic E-state index is 0.220. The van der Waals surface area contributed by atoms with Gasteiger partial charge in [0.2, 0.25) is 21.7 Å². The van der Waals surface area contributed by atoms with Crippen molar-refractivity contribution in [2.75, 3.05) is 20.2 Å². The van der Waals surface area contributed by atoms with E-state index >= 15 is 0 Å². The van der Waals surface area contributed by atoms with Gasteiger partial charge in [-0.3, -0.25) is 0 Å². The van der Waals surface area contributed by atoms with E-state index in [-0.39, 0.29) is 10.3 Å². The number of piperidine rings is 1. The molecule has 0 aliphatic carbocycles. The summed E-state index contributed by atoms with van der Waals surface area (Å²) in [6.07, 6.45) is 2.85. The SMILES string of the molecule is COc1ccc(S(=O)(=O)N2CCCCC2)cc1-c1noc(C(C)(C)C)n1. The lowest BCUT2D eigenvalue weighted by Gasteiger charge is -2.26. The highest BCUT2D eigenvalue weighted by atomic mass is 32.2. The molecule has 2 heterocycles. The van der Waals surface area contributed by atoms with Crippen LogP contribution in [0.2, 0.25) is 0 Å². The normalized spacial score (nSPS) is 16.6. The maximum absolute atomic E-state index is 13.0. The molecule has 1 aromatic carbocycles. The number of hydrogen-bond acceptors (Lipinski definition) is 6. The van der Waals surface area contributed by atoms with Crippen LogP contribution in [0.5, 0.6) is 5.75 Å². The van der Waals surface area contributed by atoms with Gasteiger partial charge in [0.1, 0.15) is 5.75 Å². The van der Waals surface area contributed by atoms with E-state index in [1.165, 1.54) is 7.11 Å². The number of ether oxygens (including phenoxy) is 1. The highest BCUT2D eigenvalue weighted by Crippen LogP contribution is 2.33. The maximum Gasteiger partial charge on any atom is 0.243 e. The molecule has 0 spiro atoms. The first-order valence-electron chi connectivity index (χ1n) is 8.76. The zero-order valence-corrected chi connectivity index (χ0v) is 16.5. The molecule has 1 saturated heterocycles. The van der Waals surface area contributed by atoms with Crippen LogP contribution in [0.3, 0.4) is 0 Å². The van der Waals surface area contributed by atoms with Gasteiger partial charge in [0.25, 0.3) is 0 Å². The first-order valence-corrected chi connectivity index (χ1v) is 10.2. The molecule has 1 fully saturated rings. The van der Waals surface area contributed by atoms with Gasteiger partial charge in [-0.15, -0.1) is 0 Å². The molecule has 2 aromatic rings. The summed E-state index contributed by atoms with van der Waals surface area (Å²) in [5.41, 5.74) is 0.209. The van der Waals surface area contributed by atoms with Gasteiger partial charge >= 0.3 is 0 Å². The molecule has 1 aliphatic rings. The average Bonchev–Trinajstić information content (AvgIpc) is 3.12. The third-order valence-electron chi connectivity index (χ3n) is 4.43. The number of aromatic nitrogens is 2. The van der Waals surface area contributed by atoms with E-state index in [4.69, 9.17) is 9.26 Å². The predicted octanol–water partition coefficient (Wildman–Crippen LogP) is 3.22. The Bertz CT molecular complexity index is 878. The Morgan fingerprint density at radius 1 is 1.15 bits per heavy atom. The topological polar surface area (TPSA) is 85.5 Å². The molecule has 0 saturated carbocycles. The minimum Gasteiger partial charge on any atom is -0.496 e. The van der Waals surface area contributed by atoms with Crippen LogP contribution in [0.4, 0.5) is 0 Å². The summed E-state index contributed by atoms with van der Waals surface area (Å²) in [6.45, 7) is 7.02. The fraction of sp³-hybridized carbons (Fsp3) is 0.556. The summed E-state index contributed by atoms with van der Waals surface area (Å²) in [5, 5.41) is 4.02. The summed E-state index contributed by atoms with van der Waals surface area (Å²) >= 11 is 0. The molecule has 0 bridgehead atoms. The molecule has 0 radical (unpaired) electrons. The van der Waals surface area contributed by atoms with Crippen LogP contribution in [-0.4, -0.2) is 43.1 Å². The Morgan fingerprint density at radius 2 is 1.85 bits per heavy atom. The predicted molar refractivity (Wildman–Crippen MR) is 97.6 cm³/mol. The second-order valence-corrected chi connectivity index (χ2v) is 9.44. The van der Waals surface area contributed by atoms with Crippen molar-refractivity contribution < 1.29 is 17.7 Å². The van der Waals surface area contributed by atoms with E-state index in [1.54, 1.807) is 22.5 Å². The number of nitrogens with zero attached hydrogens (tertiary/aromatic N) is 3. The molecule has 26 heavy (non-hydrogen) atoms. The molecule has 0 N–H and O–H groups in total. The van der Waals surface area contributed by atoms with Gasteiger partial charge in [-0.2, -0.15) is 9.29 Å². The molecule has 7 nitrogen and oxygen atoms in total. The van der Waals surface area contributed by atoms with E-state index < -0.39 is 10.0 Å². The second kappa shape index (κ2) is 7.00. The Morgan fingerprint density at radius 3 is 2.42 bits per heavy atom. The van der Waals surface area contributed by atoms with Crippen molar-refractivity contribution in [1.29, 1.82) is 0 Å². The number of methoxy groups -OCH3 is 1. The van der Waals surface area contributed by atoms with E-state index in [0.29, 0.717) is 36.1 Å². The lowest BCUT2D eigenvalue weighted by molar-refractivity contribution is 0.321. The molecule has 8 heteroatoms. The van der Waals surface area contributed by atoms with Crippen molar-refractivity contribution in [3.8, 4) is 17.1 Å². The van der Waals surface area contributed by atoms with Crippen LogP contribution < -0.4 is 4.74 Å². The molecule has 1 aliphatic heterocycles. The fourth-order valence-electron chi connectivity index (χ4n) is 2.91. The van der Waals surface area contributed by atoms with Crippen molar-refractivity contribution in [2.24, 2.45) is 0 Å². The van der Waals surface area contributed by atoms with Crippen LogP contribution in [0.1, 0.15) is 45.9 Å². The molecular formula is C18H25N3O4S. The summed E-state index contributed by atoms with van der Waals surface area (Å²) < 4.78 is 38.2. The molecule has 1 aromatic heterocycles. The largest absolute Gasteiger partial charge is 0.496 e. The van der Waals surface area contributed by atoms with Gasteiger partial charge in [0, 0.05) is 18.5 Å². The summed E-state index contributed by atoms with van der Waals surface area (Å²) in [6, 6.07) is 4.77. The van der Waals surface area contributed by atoms with Gasteiger partial charge in [-0.05, 0) is 31.0 Å². The Hall–Kier alpha value is -1.93. The molecular weight excluding hydrogens is 354 g/mol. The zero-order valence-electron chi connectivity index (χ0n) is 15.7. The van der Waals surface area contributed by atoms with E-state index in [1.807, 2.05) is 20.8 Å². The lowest BCUT2D eigenvalue weighted by atomic mass is 9.97. The first-order chi connectivity index (χ1) is 12.2. The van der Waals surface area contributed by atoms with Gasteiger partial charge in [0.15, 0.2) is 0 Å². The maximum atomic E-state index is 13.0. The summed E-state index contributed by atoms with van der Waals surface area (Å²) in [4.78, 5) is 4.65. The Labute approximate surface area is 154 Å². The minimum atomic E-state index is -3.55. The number of sulfonamides is 1. The van der Waals surface area contributed by atoms with Crippen LogP contribution in [0, 0.1) is 0 Å². The smallest absolute Gasteiger partial charge is 0.243 e. The molecule has 0 atom stereocenters. The number of rotatable bonds is 4. The van der Waals surface area contributed by atoms with Crippen molar-refractivity contribution in [3.63, 3.8) is 0 Å². The van der Waals surface area contributed by atoms with Crippen LogP contribution in [0.15, 0.2) is 27.6 Å². The average molecular weight is 379 g/mol. The monoisotopic (exact) mass is 379 g/mol. The Balaban J connectivity index is 2.03. The van der Waals surface area contributed by atoms with Crippen molar-refractivity contribution in [1.82, 2.24) is 14.4 Å². The van der Waals surface area contributed by atoms with Gasteiger partial charge in [-0.1, -0.05) is 32.3 Å². The quantitative estimate of drug-likeness (QED) is 0.811. The van der Waals surface area contributed by atoms with E-state index in [9.17, 15) is 8.42 Å². The summed E-state index contributed by atoms with van der Waals surface area (Å²) in [7, 11) is -2.02. The highest BCUT2D eigenvalue weighted by Gasteiger charge is 2.28. The number of hydrogen-bond donors (Lipinski definition) is 0. The van der Waals surface area contributed by atoms with Crippen LogP contribution >= 0.6 is 0 Å². The van der Waals surface area contributed by atoms with E-state index in [0.717, 1.165) is 19.3 Å². The van der Waals surface area contributed by atoms with Crippen molar-refractivity contribution >= 4 is 10.0 Å².